The third kappa shape index (κ3) is 8.53. The van der Waals surface area contributed by atoms with Crippen LogP contribution in [0.1, 0.15) is 46.0 Å². The number of rotatable bonds is 14. The van der Waals surface area contributed by atoms with Crippen LogP contribution in [0.2, 0.25) is 0 Å². The third-order valence-corrected chi connectivity index (χ3v) is 4.01. The molecule has 0 saturated carbocycles. The highest BCUT2D eigenvalue weighted by atomic mass is 16.5. The quantitative estimate of drug-likeness (QED) is 0.319. The van der Waals surface area contributed by atoms with Gasteiger partial charge in [-0.15, -0.1) is 0 Å². The first-order valence-electron chi connectivity index (χ1n) is 10.2. The van der Waals surface area contributed by atoms with Gasteiger partial charge >= 0.3 is 0 Å². The largest absolute Gasteiger partial charge is 0.494 e. The zero-order chi connectivity index (χ0) is 19.9. The lowest BCUT2D eigenvalue weighted by Gasteiger charge is -2.08. The molecule has 0 aliphatic heterocycles. The van der Waals surface area contributed by atoms with Crippen molar-refractivity contribution in [1.82, 2.24) is 9.97 Å². The van der Waals surface area contributed by atoms with Gasteiger partial charge in [-0.3, -0.25) is 0 Å². The van der Waals surface area contributed by atoms with Gasteiger partial charge in [-0.25, -0.2) is 9.97 Å². The molecule has 0 saturated heterocycles. The number of allylic oxidation sites excluding steroid dienone is 1. The Kier molecular flexibility index (Phi) is 10.7. The zero-order valence-corrected chi connectivity index (χ0v) is 17.1. The van der Waals surface area contributed by atoms with Gasteiger partial charge in [-0.05, 0) is 49.9 Å². The summed E-state index contributed by atoms with van der Waals surface area (Å²) in [6, 6.07) is 7.86. The lowest BCUT2D eigenvalue weighted by atomic mass is 10.2. The van der Waals surface area contributed by atoms with Crippen LogP contribution in [0.15, 0.2) is 48.8 Å². The fourth-order valence-electron chi connectivity index (χ4n) is 2.48. The summed E-state index contributed by atoms with van der Waals surface area (Å²) in [5, 5.41) is 0. The molecule has 2 rings (SSSR count). The van der Waals surface area contributed by atoms with E-state index in [0.717, 1.165) is 56.6 Å². The van der Waals surface area contributed by atoms with Crippen LogP contribution >= 0.6 is 0 Å². The zero-order valence-electron chi connectivity index (χ0n) is 17.1. The minimum Gasteiger partial charge on any atom is -0.494 e. The van der Waals surface area contributed by atoms with Crippen molar-refractivity contribution in [2.45, 2.75) is 46.0 Å². The molecule has 1 heterocycles. The van der Waals surface area contributed by atoms with Gasteiger partial charge in [0.15, 0.2) is 11.6 Å². The van der Waals surface area contributed by atoms with Crippen LogP contribution in [0.3, 0.4) is 0 Å². The number of nitrogens with zero attached hydrogens (tertiary/aromatic N) is 2. The van der Waals surface area contributed by atoms with Gasteiger partial charge in [0.1, 0.15) is 12.4 Å². The number of aromatic nitrogens is 2. The fraction of sp³-hybridized carbons (Fsp3) is 0.478. The van der Waals surface area contributed by atoms with E-state index in [1.54, 1.807) is 12.4 Å². The van der Waals surface area contributed by atoms with E-state index in [0.29, 0.717) is 24.8 Å². The molecule has 0 aliphatic rings. The minimum absolute atomic E-state index is 0.541. The molecule has 5 heteroatoms. The highest BCUT2D eigenvalue weighted by molar-refractivity contribution is 5.56. The van der Waals surface area contributed by atoms with Gasteiger partial charge in [0.25, 0.3) is 0 Å². The molecular formula is C23H32N2O3. The second-order valence-electron chi connectivity index (χ2n) is 6.51. The average Bonchev–Trinajstić information content (AvgIpc) is 2.74. The molecule has 152 valence electrons. The topological polar surface area (TPSA) is 53.5 Å². The molecular weight excluding hydrogens is 352 g/mol. The summed E-state index contributed by atoms with van der Waals surface area (Å²) < 4.78 is 16.8. The molecule has 5 nitrogen and oxygen atoms in total. The summed E-state index contributed by atoms with van der Waals surface area (Å²) in [7, 11) is 0. The first kappa shape index (κ1) is 21.9. The summed E-state index contributed by atoms with van der Waals surface area (Å²) in [4.78, 5) is 8.78. The maximum atomic E-state index is 5.77. The lowest BCUT2D eigenvalue weighted by Crippen LogP contribution is -2.01. The van der Waals surface area contributed by atoms with Crippen LogP contribution in [0, 0.1) is 0 Å². The molecule has 0 N–H and O–H groups in total. The second-order valence-corrected chi connectivity index (χ2v) is 6.51. The summed E-state index contributed by atoms with van der Waals surface area (Å²) >= 11 is 0. The van der Waals surface area contributed by atoms with Crippen LogP contribution in [-0.4, -0.2) is 36.4 Å². The van der Waals surface area contributed by atoms with Gasteiger partial charge < -0.3 is 14.2 Å². The number of unbranched alkanes of at least 4 members (excludes halogenated alkanes) is 2. The molecule has 28 heavy (non-hydrogen) atoms. The number of benzene rings is 1. The summed E-state index contributed by atoms with van der Waals surface area (Å²) in [6.07, 6.45) is 12.9. The predicted octanol–water partition coefficient (Wildman–Crippen LogP) is 5.46. The Morgan fingerprint density at radius 1 is 0.786 bits per heavy atom. The van der Waals surface area contributed by atoms with Crippen molar-refractivity contribution in [3.63, 3.8) is 0 Å². The van der Waals surface area contributed by atoms with Crippen molar-refractivity contribution in [2.75, 3.05) is 26.4 Å². The van der Waals surface area contributed by atoms with Gasteiger partial charge in [0, 0.05) is 18.8 Å². The summed E-state index contributed by atoms with van der Waals surface area (Å²) in [5.74, 6) is 2.21. The Morgan fingerprint density at radius 3 is 2.25 bits per heavy atom. The molecule has 1 aromatic carbocycles. The molecule has 1 aromatic heterocycles. The monoisotopic (exact) mass is 384 g/mol. The fourth-order valence-corrected chi connectivity index (χ4v) is 2.48. The summed E-state index contributed by atoms with van der Waals surface area (Å²) in [5.41, 5.74) is 0.953. The van der Waals surface area contributed by atoms with Crippen LogP contribution in [-0.2, 0) is 4.74 Å². The Hall–Kier alpha value is -2.40. The minimum atomic E-state index is 0.541. The van der Waals surface area contributed by atoms with E-state index in [1.165, 1.54) is 0 Å². The Balaban J connectivity index is 1.73. The Labute approximate surface area is 168 Å². The molecule has 0 atom stereocenters. The van der Waals surface area contributed by atoms with Crippen molar-refractivity contribution in [2.24, 2.45) is 0 Å². The van der Waals surface area contributed by atoms with Gasteiger partial charge in [-0.2, -0.15) is 0 Å². The molecule has 2 aromatic rings. The number of ether oxygens (including phenoxy) is 3. The van der Waals surface area contributed by atoms with Gasteiger partial charge in [0.05, 0.1) is 19.0 Å². The van der Waals surface area contributed by atoms with E-state index in [1.807, 2.05) is 30.3 Å². The maximum absolute atomic E-state index is 5.77. The molecule has 0 spiro atoms. The molecule has 0 unspecified atom stereocenters. The maximum Gasteiger partial charge on any atom is 0.159 e. The van der Waals surface area contributed by atoms with Crippen LogP contribution in [0.25, 0.3) is 11.4 Å². The third-order valence-electron chi connectivity index (χ3n) is 4.01. The number of hydrogen-bond acceptors (Lipinski definition) is 5. The first-order chi connectivity index (χ1) is 13.8. The van der Waals surface area contributed by atoms with E-state index in [-0.39, 0.29) is 0 Å². The van der Waals surface area contributed by atoms with Crippen molar-refractivity contribution in [1.29, 1.82) is 0 Å². The van der Waals surface area contributed by atoms with Crippen molar-refractivity contribution < 1.29 is 14.2 Å². The van der Waals surface area contributed by atoms with E-state index in [4.69, 9.17) is 14.2 Å². The van der Waals surface area contributed by atoms with Crippen LogP contribution < -0.4 is 9.47 Å². The predicted molar refractivity (Wildman–Crippen MR) is 113 cm³/mol. The molecule has 0 bridgehead atoms. The van der Waals surface area contributed by atoms with E-state index in [9.17, 15) is 0 Å². The smallest absolute Gasteiger partial charge is 0.159 e. The van der Waals surface area contributed by atoms with E-state index in [2.05, 4.69) is 29.9 Å². The van der Waals surface area contributed by atoms with Crippen LogP contribution in [0.5, 0.6) is 11.5 Å². The SMILES string of the molecule is CCC/C=C/COc1cnc(-c2ccc(OCCCCOCCC)cc2)nc1. The molecule has 0 radical (unpaired) electrons. The Morgan fingerprint density at radius 2 is 1.54 bits per heavy atom. The number of hydrogen-bond donors (Lipinski definition) is 0. The highest BCUT2D eigenvalue weighted by Crippen LogP contribution is 2.20. The van der Waals surface area contributed by atoms with E-state index < -0.39 is 0 Å². The summed E-state index contributed by atoms with van der Waals surface area (Å²) in [6.45, 7) is 7.16. The Bertz CT molecular complexity index is 669. The average molecular weight is 385 g/mol. The second kappa shape index (κ2) is 13.7. The molecule has 0 fully saturated rings. The standard InChI is InChI=1S/C23H32N2O3/c1-3-5-6-7-16-28-22-18-24-23(25-19-22)20-10-12-21(13-11-20)27-17-9-8-15-26-14-4-2/h6-7,10-13,18-19H,3-5,8-9,14-17H2,1-2H3/b7-6+. The van der Waals surface area contributed by atoms with Crippen molar-refractivity contribution >= 4 is 0 Å². The van der Waals surface area contributed by atoms with Crippen molar-refractivity contribution in [3.8, 4) is 22.9 Å². The highest BCUT2D eigenvalue weighted by Gasteiger charge is 2.03. The molecule has 0 amide bonds. The molecule has 0 aliphatic carbocycles. The lowest BCUT2D eigenvalue weighted by molar-refractivity contribution is 0.127. The van der Waals surface area contributed by atoms with Crippen molar-refractivity contribution in [3.05, 3.63) is 48.8 Å². The van der Waals surface area contributed by atoms with E-state index >= 15 is 0 Å². The first-order valence-corrected chi connectivity index (χ1v) is 10.2. The normalized spacial score (nSPS) is 11.1. The van der Waals surface area contributed by atoms with Crippen LogP contribution in [0.4, 0.5) is 0 Å². The van der Waals surface area contributed by atoms with Gasteiger partial charge in [-0.1, -0.05) is 32.4 Å². The van der Waals surface area contributed by atoms with Gasteiger partial charge in [0.2, 0.25) is 0 Å².